The van der Waals surface area contributed by atoms with Gasteiger partial charge < -0.3 is 19.9 Å². The summed E-state index contributed by atoms with van der Waals surface area (Å²) < 4.78 is 43.7. The van der Waals surface area contributed by atoms with Crippen molar-refractivity contribution in [3.8, 4) is 11.5 Å². The lowest BCUT2D eigenvalue weighted by Crippen LogP contribution is -2.45. The first-order valence-electron chi connectivity index (χ1n) is 9.65. The number of carbonyl (C=O) groups excluding carboxylic acids is 3. The number of rotatable bonds is 9. The number of hydrogen-bond acceptors (Lipinski definition) is 8. The van der Waals surface area contributed by atoms with Gasteiger partial charge in [-0.1, -0.05) is 26.0 Å². The summed E-state index contributed by atoms with van der Waals surface area (Å²) in [7, 11) is -1.35. The number of anilines is 1. The number of imide groups is 1. The number of amides is 3. The van der Waals surface area contributed by atoms with Gasteiger partial charge in [0.25, 0.3) is 15.9 Å². The molecule has 4 N–H and O–H groups in total. The van der Waals surface area contributed by atoms with Gasteiger partial charge in [0.2, 0.25) is 0 Å². The SMILES string of the molecule is COc1ccc(S(=O)(=O)Nc2ccccc2C(=O)OC(C(=O)NC(N)=O)C(C)C)cc1OC. The smallest absolute Gasteiger partial charge is 0.341 e. The number of primary amides is 1. The molecule has 2 rings (SSSR count). The fraction of sp³-hybridized carbons (Fsp3) is 0.286. The van der Waals surface area contributed by atoms with Gasteiger partial charge in [-0.25, -0.2) is 18.0 Å². The van der Waals surface area contributed by atoms with Crippen LogP contribution in [0.5, 0.6) is 11.5 Å². The predicted octanol–water partition coefficient (Wildman–Crippen LogP) is 1.88. The first-order valence-corrected chi connectivity index (χ1v) is 11.1. The highest BCUT2D eigenvalue weighted by Crippen LogP contribution is 2.30. The van der Waals surface area contributed by atoms with E-state index in [4.69, 9.17) is 19.9 Å². The maximum atomic E-state index is 12.9. The Hall–Kier alpha value is -3.80. The van der Waals surface area contributed by atoms with Crippen molar-refractivity contribution in [3.63, 3.8) is 0 Å². The molecular weight excluding hydrogens is 454 g/mol. The first kappa shape index (κ1) is 25.5. The van der Waals surface area contributed by atoms with Crippen LogP contribution in [0.1, 0.15) is 24.2 Å². The zero-order valence-electron chi connectivity index (χ0n) is 18.4. The minimum atomic E-state index is -4.14. The molecule has 0 radical (unpaired) electrons. The molecule has 1 atom stereocenters. The number of methoxy groups -OCH3 is 2. The van der Waals surface area contributed by atoms with Gasteiger partial charge in [-0.3, -0.25) is 14.8 Å². The van der Waals surface area contributed by atoms with Crippen molar-refractivity contribution >= 4 is 33.6 Å². The van der Waals surface area contributed by atoms with Crippen molar-refractivity contribution in [1.29, 1.82) is 0 Å². The lowest BCUT2D eigenvalue weighted by atomic mass is 10.1. The van der Waals surface area contributed by atoms with Crippen molar-refractivity contribution in [2.45, 2.75) is 24.8 Å². The van der Waals surface area contributed by atoms with E-state index in [1.807, 2.05) is 5.32 Å². The molecule has 0 saturated carbocycles. The fourth-order valence-electron chi connectivity index (χ4n) is 2.80. The molecule has 2 aromatic rings. The summed E-state index contributed by atoms with van der Waals surface area (Å²) >= 11 is 0. The number of urea groups is 1. The summed E-state index contributed by atoms with van der Waals surface area (Å²) in [4.78, 5) is 35.8. The molecule has 2 aromatic carbocycles. The number of sulfonamides is 1. The molecule has 1 unspecified atom stereocenters. The number of ether oxygens (including phenoxy) is 3. The zero-order valence-corrected chi connectivity index (χ0v) is 19.3. The van der Waals surface area contributed by atoms with Crippen LogP contribution in [0.4, 0.5) is 10.5 Å². The second-order valence-corrected chi connectivity index (χ2v) is 8.77. The van der Waals surface area contributed by atoms with Crippen LogP contribution in [-0.4, -0.2) is 46.6 Å². The molecule has 0 bridgehead atoms. The first-order chi connectivity index (χ1) is 15.5. The summed E-state index contributed by atoms with van der Waals surface area (Å²) in [5, 5.41) is 1.86. The van der Waals surface area contributed by atoms with Gasteiger partial charge in [-0.05, 0) is 30.2 Å². The Morgan fingerprint density at radius 2 is 1.61 bits per heavy atom. The third-order valence-corrected chi connectivity index (χ3v) is 5.76. The monoisotopic (exact) mass is 479 g/mol. The molecule has 0 heterocycles. The van der Waals surface area contributed by atoms with Crippen LogP contribution in [0.15, 0.2) is 47.4 Å². The zero-order chi connectivity index (χ0) is 24.8. The highest BCUT2D eigenvalue weighted by Gasteiger charge is 2.29. The molecule has 3 amide bonds. The van der Waals surface area contributed by atoms with Gasteiger partial charge in [0.15, 0.2) is 17.6 Å². The molecule has 11 nitrogen and oxygen atoms in total. The minimum absolute atomic E-state index is 0.0740. The van der Waals surface area contributed by atoms with Crippen LogP contribution in [0.2, 0.25) is 0 Å². The second-order valence-electron chi connectivity index (χ2n) is 7.09. The summed E-state index contributed by atoms with van der Waals surface area (Å²) in [6, 6.07) is 8.63. The van der Waals surface area contributed by atoms with E-state index in [2.05, 4.69) is 4.72 Å². The molecule has 33 heavy (non-hydrogen) atoms. The van der Waals surface area contributed by atoms with Gasteiger partial charge in [0, 0.05) is 6.07 Å². The van der Waals surface area contributed by atoms with Gasteiger partial charge in [-0.15, -0.1) is 0 Å². The van der Waals surface area contributed by atoms with Crippen LogP contribution in [0.3, 0.4) is 0 Å². The fourth-order valence-corrected chi connectivity index (χ4v) is 3.90. The van der Waals surface area contributed by atoms with Gasteiger partial charge in [-0.2, -0.15) is 0 Å². The Kier molecular flexibility index (Phi) is 8.24. The third kappa shape index (κ3) is 6.35. The quantitative estimate of drug-likeness (QED) is 0.459. The van der Waals surface area contributed by atoms with Crippen LogP contribution >= 0.6 is 0 Å². The van der Waals surface area contributed by atoms with Gasteiger partial charge in [0.05, 0.1) is 30.4 Å². The Labute approximate surface area is 191 Å². The maximum absolute atomic E-state index is 12.9. The van der Waals surface area contributed by atoms with E-state index in [1.54, 1.807) is 13.8 Å². The number of carbonyl (C=O) groups is 3. The maximum Gasteiger partial charge on any atom is 0.341 e. The Balaban J connectivity index is 2.34. The molecule has 0 aliphatic heterocycles. The molecule has 178 valence electrons. The van der Waals surface area contributed by atoms with Crippen molar-refractivity contribution < 1.29 is 37.0 Å². The molecule has 0 aromatic heterocycles. The van der Waals surface area contributed by atoms with E-state index >= 15 is 0 Å². The van der Waals surface area contributed by atoms with E-state index in [0.717, 1.165) is 0 Å². The van der Waals surface area contributed by atoms with E-state index in [-0.39, 0.29) is 21.9 Å². The lowest BCUT2D eigenvalue weighted by molar-refractivity contribution is -0.130. The summed E-state index contributed by atoms with van der Waals surface area (Å²) in [5.41, 5.74) is 4.74. The summed E-state index contributed by atoms with van der Waals surface area (Å²) in [6.45, 7) is 3.20. The topological polar surface area (TPSA) is 163 Å². The van der Waals surface area contributed by atoms with E-state index in [0.29, 0.717) is 5.75 Å². The van der Waals surface area contributed by atoms with Crippen LogP contribution in [0, 0.1) is 5.92 Å². The largest absolute Gasteiger partial charge is 0.493 e. The van der Waals surface area contributed by atoms with Crippen LogP contribution in [-0.2, 0) is 19.6 Å². The lowest BCUT2D eigenvalue weighted by Gasteiger charge is -2.21. The highest BCUT2D eigenvalue weighted by atomic mass is 32.2. The highest BCUT2D eigenvalue weighted by molar-refractivity contribution is 7.92. The molecule has 0 aliphatic carbocycles. The van der Waals surface area contributed by atoms with Crippen molar-refractivity contribution in [2.75, 3.05) is 18.9 Å². The number of nitrogens with one attached hydrogen (secondary N) is 2. The second kappa shape index (κ2) is 10.7. The standard InChI is InChI=1S/C21H25N3O8S/c1-12(2)18(19(25)23-21(22)27)32-20(26)14-7-5-6-8-15(14)24-33(28,29)13-9-10-16(30-3)17(11-13)31-4/h5-12,18,24H,1-4H3,(H3,22,23,25,27). The minimum Gasteiger partial charge on any atom is -0.493 e. The molecule has 0 saturated heterocycles. The van der Waals surface area contributed by atoms with Crippen molar-refractivity contribution in [1.82, 2.24) is 5.32 Å². The predicted molar refractivity (Wildman–Crippen MR) is 119 cm³/mol. The van der Waals surface area contributed by atoms with Gasteiger partial charge in [0.1, 0.15) is 0 Å². The van der Waals surface area contributed by atoms with Crippen molar-refractivity contribution in [2.24, 2.45) is 11.7 Å². The van der Waals surface area contributed by atoms with Crippen LogP contribution < -0.4 is 25.2 Å². The van der Waals surface area contributed by atoms with E-state index in [9.17, 15) is 22.8 Å². The van der Waals surface area contributed by atoms with E-state index < -0.39 is 40.0 Å². The number of para-hydroxylation sites is 1. The normalized spacial score (nSPS) is 11.9. The summed E-state index contributed by atoms with van der Waals surface area (Å²) in [6.07, 6.45) is -1.33. The summed E-state index contributed by atoms with van der Waals surface area (Å²) in [5.74, 6) is -1.82. The van der Waals surface area contributed by atoms with Gasteiger partial charge >= 0.3 is 12.0 Å². The average Bonchev–Trinajstić information content (AvgIpc) is 2.76. The molecule has 12 heteroatoms. The Morgan fingerprint density at radius 1 is 0.970 bits per heavy atom. The molecular formula is C21H25N3O8S. The number of esters is 1. The molecule has 0 spiro atoms. The average molecular weight is 480 g/mol. The third-order valence-electron chi connectivity index (χ3n) is 4.40. The van der Waals surface area contributed by atoms with Crippen LogP contribution in [0.25, 0.3) is 0 Å². The molecule has 0 aliphatic rings. The number of hydrogen-bond donors (Lipinski definition) is 3. The Morgan fingerprint density at radius 3 is 2.18 bits per heavy atom. The Bertz CT molecular complexity index is 1150. The number of nitrogens with two attached hydrogens (primary N) is 1. The molecule has 0 fully saturated rings. The van der Waals surface area contributed by atoms with E-state index in [1.165, 1.54) is 56.7 Å². The van der Waals surface area contributed by atoms with Crippen molar-refractivity contribution in [3.05, 3.63) is 48.0 Å². The number of benzene rings is 2.